The Bertz CT molecular complexity index is 588. The third-order valence-electron chi connectivity index (χ3n) is 2.91. The van der Waals surface area contributed by atoms with E-state index in [0.29, 0.717) is 5.56 Å². The molecule has 0 spiro atoms. The number of ether oxygens (including phenoxy) is 1. The number of halogens is 1. The molecule has 0 amide bonds. The first kappa shape index (κ1) is 14.8. The quantitative estimate of drug-likeness (QED) is 0.593. The lowest BCUT2D eigenvalue weighted by Crippen LogP contribution is -2.12. The molecular formula is C17H17BrO2. The first-order chi connectivity index (χ1) is 9.61. The summed E-state index contributed by atoms with van der Waals surface area (Å²) in [4.78, 5) is 12.1. The zero-order chi connectivity index (χ0) is 14.5. The maximum absolute atomic E-state index is 12.1. The van der Waals surface area contributed by atoms with E-state index in [9.17, 15) is 4.79 Å². The average Bonchev–Trinajstić information content (AvgIpc) is 2.46. The third kappa shape index (κ3) is 3.48. The van der Waals surface area contributed by atoms with Crippen LogP contribution < -0.4 is 0 Å². The SMILES string of the molecule is CC(C)OC(=O)c1ccccc1-c1ccc(CBr)cc1. The predicted molar refractivity (Wildman–Crippen MR) is 85.1 cm³/mol. The van der Waals surface area contributed by atoms with Crippen molar-refractivity contribution < 1.29 is 9.53 Å². The largest absolute Gasteiger partial charge is 0.459 e. The van der Waals surface area contributed by atoms with Crippen LogP contribution in [-0.2, 0) is 10.1 Å². The standard InChI is InChI=1S/C17H17BrO2/c1-12(2)20-17(19)16-6-4-3-5-15(16)14-9-7-13(11-18)8-10-14/h3-10,12H,11H2,1-2H3. The van der Waals surface area contributed by atoms with Crippen molar-refractivity contribution in [1.29, 1.82) is 0 Å². The maximum Gasteiger partial charge on any atom is 0.339 e. The van der Waals surface area contributed by atoms with Crippen LogP contribution >= 0.6 is 15.9 Å². The van der Waals surface area contributed by atoms with Crippen molar-refractivity contribution in [2.45, 2.75) is 25.3 Å². The van der Waals surface area contributed by atoms with Crippen molar-refractivity contribution in [3.63, 3.8) is 0 Å². The van der Waals surface area contributed by atoms with Gasteiger partial charge in [0.25, 0.3) is 0 Å². The number of carbonyl (C=O) groups is 1. The molecule has 2 rings (SSSR count). The second-order valence-electron chi connectivity index (χ2n) is 4.83. The number of hydrogen-bond donors (Lipinski definition) is 0. The zero-order valence-electron chi connectivity index (χ0n) is 11.6. The van der Waals surface area contributed by atoms with Gasteiger partial charge in [-0.05, 0) is 36.6 Å². The molecule has 0 saturated heterocycles. The Morgan fingerprint density at radius 1 is 1.10 bits per heavy atom. The Morgan fingerprint density at radius 3 is 2.35 bits per heavy atom. The highest BCUT2D eigenvalue weighted by Gasteiger charge is 2.14. The second kappa shape index (κ2) is 6.71. The van der Waals surface area contributed by atoms with Crippen molar-refractivity contribution in [3.05, 3.63) is 59.7 Å². The van der Waals surface area contributed by atoms with E-state index >= 15 is 0 Å². The van der Waals surface area contributed by atoms with Gasteiger partial charge in [0.1, 0.15) is 0 Å². The maximum atomic E-state index is 12.1. The van der Waals surface area contributed by atoms with Crippen LogP contribution in [0.4, 0.5) is 0 Å². The first-order valence-corrected chi connectivity index (χ1v) is 7.69. The number of benzene rings is 2. The summed E-state index contributed by atoms with van der Waals surface area (Å²) in [7, 11) is 0. The summed E-state index contributed by atoms with van der Waals surface area (Å²) in [5.41, 5.74) is 3.73. The van der Waals surface area contributed by atoms with Crippen LogP contribution in [0, 0.1) is 0 Å². The van der Waals surface area contributed by atoms with Crippen LogP contribution in [-0.4, -0.2) is 12.1 Å². The fraction of sp³-hybridized carbons (Fsp3) is 0.235. The molecule has 0 aromatic heterocycles. The molecule has 0 unspecified atom stereocenters. The smallest absolute Gasteiger partial charge is 0.339 e. The van der Waals surface area contributed by atoms with E-state index in [4.69, 9.17) is 4.74 Å². The highest BCUT2D eigenvalue weighted by atomic mass is 79.9. The van der Waals surface area contributed by atoms with Gasteiger partial charge < -0.3 is 4.74 Å². The van der Waals surface area contributed by atoms with Gasteiger partial charge >= 0.3 is 5.97 Å². The van der Waals surface area contributed by atoms with Crippen LogP contribution in [0.5, 0.6) is 0 Å². The van der Waals surface area contributed by atoms with Gasteiger partial charge in [-0.15, -0.1) is 0 Å². The lowest BCUT2D eigenvalue weighted by atomic mass is 9.99. The van der Waals surface area contributed by atoms with E-state index in [0.717, 1.165) is 16.5 Å². The molecule has 0 bridgehead atoms. The van der Waals surface area contributed by atoms with Gasteiger partial charge in [0.15, 0.2) is 0 Å². The normalized spacial score (nSPS) is 10.6. The summed E-state index contributed by atoms with van der Waals surface area (Å²) < 4.78 is 5.30. The number of rotatable bonds is 4. The minimum absolute atomic E-state index is 0.119. The molecule has 2 nitrogen and oxygen atoms in total. The zero-order valence-corrected chi connectivity index (χ0v) is 13.2. The minimum Gasteiger partial charge on any atom is -0.459 e. The van der Waals surface area contributed by atoms with Crippen molar-refractivity contribution >= 4 is 21.9 Å². The molecule has 20 heavy (non-hydrogen) atoms. The molecule has 0 atom stereocenters. The molecule has 2 aromatic carbocycles. The summed E-state index contributed by atoms with van der Waals surface area (Å²) in [5, 5.41) is 0.824. The molecule has 0 aliphatic rings. The molecule has 2 aromatic rings. The van der Waals surface area contributed by atoms with Gasteiger partial charge in [0.2, 0.25) is 0 Å². The summed E-state index contributed by atoms with van der Waals surface area (Å²) in [6, 6.07) is 15.7. The molecule has 104 valence electrons. The van der Waals surface area contributed by atoms with Crippen LogP contribution in [0.15, 0.2) is 48.5 Å². The molecule has 0 heterocycles. The lowest BCUT2D eigenvalue weighted by Gasteiger charge is -2.12. The van der Waals surface area contributed by atoms with E-state index in [1.54, 1.807) is 6.07 Å². The highest BCUT2D eigenvalue weighted by Crippen LogP contribution is 2.25. The van der Waals surface area contributed by atoms with E-state index in [2.05, 4.69) is 28.1 Å². The Hall–Kier alpha value is -1.61. The van der Waals surface area contributed by atoms with Crippen LogP contribution in [0.2, 0.25) is 0 Å². The second-order valence-corrected chi connectivity index (χ2v) is 5.39. The summed E-state index contributed by atoms with van der Waals surface area (Å²) in [5.74, 6) is -0.278. The van der Waals surface area contributed by atoms with Gasteiger partial charge in [-0.25, -0.2) is 4.79 Å². The summed E-state index contributed by atoms with van der Waals surface area (Å²) >= 11 is 3.43. The first-order valence-electron chi connectivity index (χ1n) is 6.57. The summed E-state index contributed by atoms with van der Waals surface area (Å²) in [6.45, 7) is 3.70. The Morgan fingerprint density at radius 2 is 1.75 bits per heavy atom. The lowest BCUT2D eigenvalue weighted by molar-refractivity contribution is 0.0379. The number of esters is 1. The molecule has 0 N–H and O–H groups in total. The van der Waals surface area contributed by atoms with Gasteiger partial charge in [-0.3, -0.25) is 0 Å². The van der Waals surface area contributed by atoms with Crippen molar-refractivity contribution in [3.8, 4) is 11.1 Å². The van der Waals surface area contributed by atoms with Gasteiger partial charge in [0.05, 0.1) is 11.7 Å². The fourth-order valence-electron chi connectivity index (χ4n) is 1.96. The molecule has 3 heteroatoms. The number of hydrogen-bond acceptors (Lipinski definition) is 2. The molecular weight excluding hydrogens is 316 g/mol. The predicted octanol–water partition coefficient (Wildman–Crippen LogP) is 4.81. The van der Waals surface area contributed by atoms with Crippen molar-refractivity contribution in [2.75, 3.05) is 0 Å². The molecule has 0 aliphatic carbocycles. The number of alkyl halides is 1. The minimum atomic E-state index is -0.278. The van der Waals surface area contributed by atoms with Crippen LogP contribution in [0.1, 0.15) is 29.8 Å². The van der Waals surface area contributed by atoms with E-state index in [1.807, 2.05) is 44.2 Å². The van der Waals surface area contributed by atoms with E-state index in [1.165, 1.54) is 5.56 Å². The third-order valence-corrected chi connectivity index (χ3v) is 3.56. The Kier molecular flexibility index (Phi) is 4.96. The molecule has 0 aliphatic heterocycles. The van der Waals surface area contributed by atoms with E-state index in [-0.39, 0.29) is 12.1 Å². The van der Waals surface area contributed by atoms with Crippen molar-refractivity contribution in [1.82, 2.24) is 0 Å². The summed E-state index contributed by atoms with van der Waals surface area (Å²) in [6.07, 6.45) is -0.119. The topological polar surface area (TPSA) is 26.3 Å². The Balaban J connectivity index is 2.38. The van der Waals surface area contributed by atoms with Crippen LogP contribution in [0.25, 0.3) is 11.1 Å². The molecule has 0 radical (unpaired) electrons. The molecule has 0 saturated carbocycles. The highest BCUT2D eigenvalue weighted by molar-refractivity contribution is 9.08. The Labute approximate surface area is 127 Å². The number of carbonyl (C=O) groups excluding carboxylic acids is 1. The van der Waals surface area contributed by atoms with Gasteiger partial charge in [-0.2, -0.15) is 0 Å². The molecule has 0 fully saturated rings. The van der Waals surface area contributed by atoms with E-state index < -0.39 is 0 Å². The van der Waals surface area contributed by atoms with Crippen molar-refractivity contribution in [2.24, 2.45) is 0 Å². The van der Waals surface area contributed by atoms with Crippen LogP contribution in [0.3, 0.4) is 0 Å². The van der Waals surface area contributed by atoms with Gasteiger partial charge in [-0.1, -0.05) is 58.4 Å². The fourth-order valence-corrected chi connectivity index (χ4v) is 2.34. The monoisotopic (exact) mass is 332 g/mol. The van der Waals surface area contributed by atoms with Gasteiger partial charge in [0, 0.05) is 5.33 Å². The average molecular weight is 333 g/mol.